The van der Waals surface area contributed by atoms with Crippen LogP contribution in [0.3, 0.4) is 0 Å². The lowest BCUT2D eigenvalue weighted by Crippen LogP contribution is -2.14. The minimum absolute atomic E-state index is 0.627. The first-order valence-corrected chi connectivity index (χ1v) is 7.62. The van der Waals surface area contributed by atoms with Gasteiger partial charge in [-0.15, -0.1) is 0 Å². The molecule has 0 saturated heterocycles. The highest BCUT2D eigenvalue weighted by Gasteiger charge is 2.07. The molecule has 2 aromatic rings. The van der Waals surface area contributed by atoms with Crippen molar-refractivity contribution in [2.45, 2.75) is 13.1 Å². The zero-order valence-corrected chi connectivity index (χ0v) is 14.0. The van der Waals surface area contributed by atoms with Gasteiger partial charge in [0, 0.05) is 33.2 Å². The van der Waals surface area contributed by atoms with Crippen LogP contribution in [0, 0.1) is 0 Å². The van der Waals surface area contributed by atoms with Crippen molar-refractivity contribution >= 4 is 39.1 Å². The van der Waals surface area contributed by atoms with Crippen LogP contribution in [-0.4, -0.2) is 7.11 Å². The van der Waals surface area contributed by atoms with Crippen molar-refractivity contribution in [2.24, 2.45) is 0 Å². The van der Waals surface area contributed by atoms with Crippen molar-refractivity contribution in [2.75, 3.05) is 7.11 Å². The Hall–Kier alpha value is -0.740. The highest BCUT2D eigenvalue weighted by molar-refractivity contribution is 9.10. The molecule has 2 aromatic carbocycles. The Balaban J connectivity index is 2.05. The molecule has 2 nitrogen and oxygen atoms in total. The van der Waals surface area contributed by atoms with E-state index in [4.69, 9.17) is 27.9 Å². The average molecular weight is 375 g/mol. The zero-order valence-electron chi connectivity index (χ0n) is 10.9. The standard InChI is InChI=1S/C15H14BrCl2NO/c1-20-15-4-2-3-14(18)12(15)9-19-8-10-7-11(17)5-6-13(10)16/h2-7,19H,8-9H2,1H3. The molecule has 0 atom stereocenters. The Morgan fingerprint density at radius 3 is 2.70 bits per heavy atom. The fourth-order valence-corrected chi connectivity index (χ4v) is 2.72. The van der Waals surface area contributed by atoms with Crippen molar-refractivity contribution in [3.8, 4) is 5.75 Å². The second-order valence-electron chi connectivity index (χ2n) is 4.26. The van der Waals surface area contributed by atoms with Gasteiger partial charge in [0.15, 0.2) is 0 Å². The number of rotatable bonds is 5. The first-order valence-electron chi connectivity index (χ1n) is 6.08. The summed E-state index contributed by atoms with van der Waals surface area (Å²) < 4.78 is 6.35. The van der Waals surface area contributed by atoms with Gasteiger partial charge in [-0.3, -0.25) is 0 Å². The highest BCUT2D eigenvalue weighted by Crippen LogP contribution is 2.26. The van der Waals surface area contributed by atoms with Crippen LogP contribution >= 0.6 is 39.1 Å². The third-order valence-electron chi connectivity index (χ3n) is 2.92. The van der Waals surface area contributed by atoms with Crippen molar-refractivity contribution in [3.05, 3.63) is 62.0 Å². The van der Waals surface area contributed by atoms with Gasteiger partial charge in [0.1, 0.15) is 5.75 Å². The Labute approximate surface area is 137 Å². The molecule has 1 N–H and O–H groups in total. The lowest BCUT2D eigenvalue weighted by Gasteiger charge is -2.12. The molecule has 106 valence electrons. The normalized spacial score (nSPS) is 10.6. The van der Waals surface area contributed by atoms with Crippen molar-refractivity contribution < 1.29 is 4.74 Å². The highest BCUT2D eigenvalue weighted by atomic mass is 79.9. The number of ether oxygens (including phenoxy) is 1. The fourth-order valence-electron chi connectivity index (χ4n) is 1.90. The fraction of sp³-hybridized carbons (Fsp3) is 0.200. The van der Waals surface area contributed by atoms with E-state index in [1.54, 1.807) is 7.11 Å². The number of hydrogen-bond acceptors (Lipinski definition) is 2. The maximum atomic E-state index is 6.20. The molecule has 0 unspecified atom stereocenters. The van der Waals surface area contributed by atoms with Gasteiger partial charge in [0.05, 0.1) is 7.11 Å². The maximum absolute atomic E-state index is 6.20. The average Bonchev–Trinajstić information content (AvgIpc) is 2.44. The summed E-state index contributed by atoms with van der Waals surface area (Å²) in [7, 11) is 1.64. The van der Waals surface area contributed by atoms with E-state index in [1.165, 1.54) is 0 Å². The molecule has 5 heteroatoms. The molecule has 0 fully saturated rings. The van der Waals surface area contributed by atoms with E-state index in [2.05, 4.69) is 21.2 Å². The van der Waals surface area contributed by atoms with Gasteiger partial charge in [-0.25, -0.2) is 0 Å². The molecule has 0 aromatic heterocycles. The summed E-state index contributed by atoms with van der Waals surface area (Å²) in [6, 6.07) is 11.4. The number of benzene rings is 2. The van der Waals surface area contributed by atoms with Crippen molar-refractivity contribution in [3.63, 3.8) is 0 Å². The largest absolute Gasteiger partial charge is 0.496 e. The Morgan fingerprint density at radius 2 is 1.95 bits per heavy atom. The van der Waals surface area contributed by atoms with E-state index >= 15 is 0 Å². The Bertz CT molecular complexity index is 604. The van der Waals surface area contributed by atoms with Crippen LogP contribution in [0.4, 0.5) is 0 Å². The van der Waals surface area contributed by atoms with Crippen LogP contribution in [0.1, 0.15) is 11.1 Å². The van der Waals surface area contributed by atoms with E-state index in [9.17, 15) is 0 Å². The quantitative estimate of drug-likeness (QED) is 0.790. The number of nitrogens with one attached hydrogen (secondary N) is 1. The van der Waals surface area contributed by atoms with Gasteiger partial charge in [0.25, 0.3) is 0 Å². The molecule has 0 aliphatic heterocycles. The van der Waals surface area contributed by atoms with Gasteiger partial charge in [-0.2, -0.15) is 0 Å². The third-order valence-corrected chi connectivity index (χ3v) is 4.28. The predicted octanol–water partition coefficient (Wildman–Crippen LogP) is 5.05. The van der Waals surface area contributed by atoms with Crippen LogP contribution in [0.15, 0.2) is 40.9 Å². The van der Waals surface area contributed by atoms with E-state index in [-0.39, 0.29) is 0 Å². The summed E-state index contributed by atoms with van der Waals surface area (Å²) in [5.74, 6) is 0.787. The van der Waals surface area contributed by atoms with Crippen LogP contribution in [0.5, 0.6) is 5.75 Å². The summed E-state index contributed by atoms with van der Waals surface area (Å²) in [5.41, 5.74) is 2.05. The number of hydrogen-bond donors (Lipinski definition) is 1. The lowest BCUT2D eigenvalue weighted by atomic mass is 10.2. The molecule has 0 radical (unpaired) electrons. The van der Waals surface area contributed by atoms with Crippen LogP contribution in [0.2, 0.25) is 10.0 Å². The summed E-state index contributed by atoms with van der Waals surface area (Å²) in [5, 5.41) is 4.77. The minimum atomic E-state index is 0.627. The van der Waals surface area contributed by atoms with Crippen LogP contribution < -0.4 is 10.1 Å². The predicted molar refractivity (Wildman–Crippen MR) is 87.7 cm³/mol. The molecule has 0 bridgehead atoms. The first-order chi connectivity index (χ1) is 9.61. The van der Waals surface area contributed by atoms with E-state index < -0.39 is 0 Å². The van der Waals surface area contributed by atoms with Gasteiger partial charge in [-0.1, -0.05) is 45.2 Å². The van der Waals surface area contributed by atoms with Gasteiger partial charge in [-0.05, 0) is 35.9 Å². The van der Waals surface area contributed by atoms with Crippen molar-refractivity contribution in [1.82, 2.24) is 5.32 Å². The van der Waals surface area contributed by atoms with Gasteiger partial charge in [0.2, 0.25) is 0 Å². The molecule has 20 heavy (non-hydrogen) atoms. The minimum Gasteiger partial charge on any atom is -0.496 e. The number of halogens is 3. The summed E-state index contributed by atoms with van der Waals surface area (Å²) >= 11 is 15.7. The van der Waals surface area contributed by atoms with E-state index in [1.807, 2.05) is 36.4 Å². The molecule has 0 heterocycles. The van der Waals surface area contributed by atoms with Crippen LogP contribution in [-0.2, 0) is 13.1 Å². The molecule has 0 saturated carbocycles. The summed E-state index contributed by atoms with van der Waals surface area (Å²) in [6.45, 7) is 1.32. The molecular formula is C15H14BrCl2NO. The summed E-state index contributed by atoms with van der Waals surface area (Å²) in [6.07, 6.45) is 0. The van der Waals surface area contributed by atoms with Crippen LogP contribution in [0.25, 0.3) is 0 Å². The van der Waals surface area contributed by atoms with Gasteiger partial charge >= 0.3 is 0 Å². The first kappa shape index (κ1) is 15.6. The Kier molecular flexibility index (Phi) is 5.73. The molecule has 0 aliphatic carbocycles. The summed E-state index contributed by atoms with van der Waals surface area (Å²) in [4.78, 5) is 0. The van der Waals surface area contributed by atoms with Gasteiger partial charge < -0.3 is 10.1 Å². The SMILES string of the molecule is COc1cccc(Cl)c1CNCc1cc(Cl)ccc1Br. The second kappa shape index (κ2) is 7.32. The molecular weight excluding hydrogens is 361 g/mol. The lowest BCUT2D eigenvalue weighted by molar-refractivity contribution is 0.407. The molecule has 0 amide bonds. The smallest absolute Gasteiger partial charge is 0.124 e. The topological polar surface area (TPSA) is 21.3 Å². The molecule has 0 spiro atoms. The molecule has 2 rings (SSSR count). The maximum Gasteiger partial charge on any atom is 0.124 e. The van der Waals surface area contributed by atoms with E-state index in [0.29, 0.717) is 18.1 Å². The monoisotopic (exact) mass is 373 g/mol. The Morgan fingerprint density at radius 1 is 1.15 bits per heavy atom. The second-order valence-corrected chi connectivity index (χ2v) is 5.96. The van der Waals surface area contributed by atoms with E-state index in [0.717, 1.165) is 26.4 Å². The zero-order chi connectivity index (χ0) is 14.5. The number of methoxy groups -OCH3 is 1. The van der Waals surface area contributed by atoms with Crippen molar-refractivity contribution in [1.29, 1.82) is 0 Å². The third kappa shape index (κ3) is 3.89. The molecule has 0 aliphatic rings.